The Balaban J connectivity index is 2.64. The number of aliphatic hydroxyl groups is 1. The van der Waals surface area contributed by atoms with Crippen LogP contribution in [-0.4, -0.2) is 23.9 Å². The summed E-state index contributed by atoms with van der Waals surface area (Å²) in [5.74, 6) is 1.96. The zero-order valence-corrected chi connectivity index (χ0v) is 13.3. The molecule has 112 valence electrons. The van der Waals surface area contributed by atoms with E-state index in [2.05, 4.69) is 46.8 Å². The third-order valence-electron chi connectivity index (χ3n) is 4.40. The molecule has 0 saturated carbocycles. The van der Waals surface area contributed by atoms with Crippen LogP contribution < -0.4 is 0 Å². The molecule has 19 heavy (non-hydrogen) atoms. The Kier molecular flexibility index (Phi) is 7.09. The van der Waals surface area contributed by atoms with Crippen LogP contribution in [0.1, 0.15) is 53.9 Å². The zero-order valence-electron chi connectivity index (χ0n) is 13.3. The predicted octanol–water partition coefficient (Wildman–Crippen LogP) is 4.04. The zero-order chi connectivity index (χ0) is 14.4. The van der Waals surface area contributed by atoms with E-state index in [9.17, 15) is 5.11 Å². The Bertz CT molecular complexity index is 268. The van der Waals surface area contributed by atoms with E-state index in [1.54, 1.807) is 0 Å². The number of hydrogen-bond acceptors (Lipinski definition) is 2. The number of allylic oxidation sites excluding steroid dienone is 1. The molecular weight excluding hydrogens is 236 g/mol. The molecule has 1 rings (SSSR count). The van der Waals surface area contributed by atoms with Crippen LogP contribution in [0.5, 0.6) is 0 Å². The number of ether oxygens (including phenoxy) is 1. The number of rotatable bonds is 6. The van der Waals surface area contributed by atoms with Crippen LogP contribution in [0.25, 0.3) is 0 Å². The van der Waals surface area contributed by atoms with Gasteiger partial charge in [-0.15, -0.1) is 0 Å². The first kappa shape index (κ1) is 16.7. The highest BCUT2D eigenvalue weighted by molar-refractivity contribution is 4.95. The summed E-state index contributed by atoms with van der Waals surface area (Å²) in [6, 6.07) is 0. The van der Waals surface area contributed by atoms with E-state index in [4.69, 9.17) is 4.74 Å². The van der Waals surface area contributed by atoms with Crippen molar-refractivity contribution in [3.63, 3.8) is 0 Å². The van der Waals surface area contributed by atoms with Crippen molar-refractivity contribution in [3.8, 4) is 0 Å². The van der Waals surface area contributed by atoms with Gasteiger partial charge in [-0.05, 0) is 31.1 Å². The fraction of sp³-hybridized carbons (Fsp3) is 0.882. The molecule has 1 heterocycles. The van der Waals surface area contributed by atoms with Crippen molar-refractivity contribution in [2.45, 2.75) is 66.1 Å². The van der Waals surface area contributed by atoms with Gasteiger partial charge in [0.1, 0.15) is 0 Å². The topological polar surface area (TPSA) is 29.5 Å². The lowest BCUT2D eigenvalue weighted by molar-refractivity contribution is -0.123. The summed E-state index contributed by atoms with van der Waals surface area (Å²) in [7, 11) is 0. The largest absolute Gasteiger partial charge is 0.396 e. The monoisotopic (exact) mass is 268 g/mol. The minimum Gasteiger partial charge on any atom is -0.396 e. The summed E-state index contributed by atoms with van der Waals surface area (Å²) in [4.78, 5) is 0. The molecule has 0 unspecified atom stereocenters. The first-order chi connectivity index (χ1) is 8.99. The van der Waals surface area contributed by atoms with Gasteiger partial charge in [-0.1, -0.05) is 46.8 Å². The van der Waals surface area contributed by atoms with E-state index in [0.717, 1.165) is 12.8 Å². The van der Waals surface area contributed by atoms with Crippen molar-refractivity contribution in [1.29, 1.82) is 0 Å². The molecule has 0 spiro atoms. The molecule has 1 saturated heterocycles. The maximum Gasteiger partial charge on any atom is 0.0664 e. The summed E-state index contributed by atoms with van der Waals surface area (Å²) in [6.45, 7) is 11.3. The molecule has 1 aliphatic rings. The Morgan fingerprint density at radius 1 is 1.21 bits per heavy atom. The molecule has 2 heteroatoms. The second-order valence-corrected chi connectivity index (χ2v) is 6.53. The van der Waals surface area contributed by atoms with Crippen molar-refractivity contribution in [3.05, 3.63) is 12.2 Å². The van der Waals surface area contributed by atoms with E-state index < -0.39 is 0 Å². The quantitative estimate of drug-likeness (QED) is 0.737. The molecule has 1 aliphatic heterocycles. The summed E-state index contributed by atoms with van der Waals surface area (Å²) < 4.78 is 6.33. The first-order valence-electron chi connectivity index (χ1n) is 7.94. The molecular formula is C17H32O2. The van der Waals surface area contributed by atoms with E-state index in [1.165, 1.54) is 6.42 Å². The van der Waals surface area contributed by atoms with Gasteiger partial charge in [0.25, 0.3) is 0 Å². The maximum atomic E-state index is 9.45. The lowest BCUT2D eigenvalue weighted by Gasteiger charge is -2.40. The fourth-order valence-corrected chi connectivity index (χ4v) is 3.00. The van der Waals surface area contributed by atoms with Gasteiger partial charge in [-0.3, -0.25) is 0 Å². The molecule has 0 amide bonds. The van der Waals surface area contributed by atoms with Crippen molar-refractivity contribution in [1.82, 2.24) is 0 Å². The Labute approximate surface area is 119 Å². The smallest absolute Gasteiger partial charge is 0.0664 e. The molecule has 0 aromatic carbocycles. The molecule has 0 aliphatic carbocycles. The van der Waals surface area contributed by atoms with E-state index in [0.29, 0.717) is 29.8 Å². The van der Waals surface area contributed by atoms with Crippen LogP contribution in [0.2, 0.25) is 0 Å². The van der Waals surface area contributed by atoms with Crippen LogP contribution in [0.15, 0.2) is 12.2 Å². The van der Waals surface area contributed by atoms with Crippen molar-refractivity contribution in [2.75, 3.05) is 6.61 Å². The standard InChI is InChI=1S/C17H32O2/c1-6-15(11-18)16-10-9-14(5)17(19-16)13(4)8-7-12(2)3/h7-8,12-18H,6,9-11H2,1-5H3/b8-7+/t13-,14+,15+,16-,17+/m1/s1. The summed E-state index contributed by atoms with van der Waals surface area (Å²) >= 11 is 0. The molecule has 2 nitrogen and oxygen atoms in total. The molecule has 1 N–H and O–H groups in total. The van der Waals surface area contributed by atoms with Gasteiger partial charge < -0.3 is 9.84 Å². The lowest BCUT2D eigenvalue weighted by atomic mass is 9.83. The number of aliphatic hydroxyl groups excluding tert-OH is 1. The van der Waals surface area contributed by atoms with Crippen LogP contribution in [0.4, 0.5) is 0 Å². The molecule has 0 radical (unpaired) electrons. The Morgan fingerprint density at radius 3 is 2.42 bits per heavy atom. The third-order valence-corrected chi connectivity index (χ3v) is 4.40. The second kappa shape index (κ2) is 8.06. The van der Waals surface area contributed by atoms with Gasteiger partial charge in [0, 0.05) is 18.4 Å². The van der Waals surface area contributed by atoms with Gasteiger partial charge in [0.15, 0.2) is 0 Å². The Morgan fingerprint density at radius 2 is 1.89 bits per heavy atom. The average molecular weight is 268 g/mol. The molecule has 0 bridgehead atoms. The molecule has 0 aromatic heterocycles. The minimum atomic E-state index is 0.242. The summed E-state index contributed by atoms with van der Waals surface area (Å²) in [6.07, 6.45) is 8.42. The normalized spacial score (nSPS) is 31.8. The van der Waals surface area contributed by atoms with E-state index in [1.807, 2.05) is 0 Å². The Hall–Kier alpha value is -0.340. The maximum absolute atomic E-state index is 9.45. The first-order valence-corrected chi connectivity index (χ1v) is 7.94. The van der Waals surface area contributed by atoms with E-state index in [-0.39, 0.29) is 12.7 Å². The molecule has 1 fully saturated rings. The van der Waals surface area contributed by atoms with Crippen molar-refractivity contribution < 1.29 is 9.84 Å². The average Bonchev–Trinajstić information content (AvgIpc) is 2.39. The van der Waals surface area contributed by atoms with Crippen molar-refractivity contribution in [2.24, 2.45) is 23.7 Å². The fourth-order valence-electron chi connectivity index (χ4n) is 3.00. The van der Waals surface area contributed by atoms with Crippen molar-refractivity contribution >= 4 is 0 Å². The predicted molar refractivity (Wildman–Crippen MR) is 81.1 cm³/mol. The number of hydrogen-bond donors (Lipinski definition) is 1. The third kappa shape index (κ3) is 4.92. The highest BCUT2D eigenvalue weighted by Crippen LogP contribution is 2.33. The summed E-state index contributed by atoms with van der Waals surface area (Å²) in [5.41, 5.74) is 0. The molecule has 0 aromatic rings. The van der Waals surface area contributed by atoms with Crippen LogP contribution in [0.3, 0.4) is 0 Å². The van der Waals surface area contributed by atoms with Crippen LogP contribution in [-0.2, 0) is 4.74 Å². The van der Waals surface area contributed by atoms with Crippen LogP contribution >= 0.6 is 0 Å². The highest BCUT2D eigenvalue weighted by atomic mass is 16.5. The second-order valence-electron chi connectivity index (χ2n) is 6.53. The minimum absolute atomic E-state index is 0.242. The van der Waals surface area contributed by atoms with Gasteiger partial charge in [0.2, 0.25) is 0 Å². The highest BCUT2D eigenvalue weighted by Gasteiger charge is 2.34. The summed E-state index contributed by atoms with van der Waals surface area (Å²) in [5, 5.41) is 9.45. The molecule has 5 atom stereocenters. The van der Waals surface area contributed by atoms with Crippen LogP contribution in [0, 0.1) is 23.7 Å². The van der Waals surface area contributed by atoms with E-state index >= 15 is 0 Å². The SMILES string of the molecule is CC[C@@H](CO)[C@H]1CC[C@H](C)[C@H]([C@H](C)/C=C/C(C)C)O1. The van der Waals surface area contributed by atoms with Gasteiger partial charge in [0.05, 0.1) is 12.2 Å². The van der Waals surface area contributed by atoms with Gasteiger partial charge in [-0.2, -0.15) is 0 Å². The lowest BCUT2D eigenvalue weighted by Crippen LogP contribution is -2.41. The van der Waals surface area contributed by atoms with Gasteiger partial charge in [-0.25, -0.2) is 0 Å². The van der Waals surface area contributed by atoms with Gasteiger partial charge >= 0.3 is 0 Å².